The van der Waals surface area contributed by atoms with Gasteiger partial charge in [-0.15, -0.1) is 0 Å². The minimum atomic E-state index is -0.771. The van der Waals surface area contributed by atoms with Gasteiger partial charge in [-0.1, -0.05) is 65.5 Å². The second kappa shape index (κ2) is 7.81. The molecule has 0 radical (unpaired) electrons. The Morgan fingerprint density at radius 1 is 1.07 bits per heavy atom. The number of Topliss-reactive ketones (excluding diaryl/α,β-unsaturated/α-hetero) is 1. The maximum absolute atomic E-state index is 12.4. The van der Waals surface area contributed by atoms with E-state index >= 15 is 0 Å². The van der Waals surface area contributed by atoms with E-state index in [1.807, 2.05) is 0 Å². The van der Waals surface area contributed by atoms with Gasteiger partial charge in [0.2, 0.25) is 0 Å². The first-order valence-corrected chi connectivity index (χ1v) is 12.6. The predicted molar refractivity (Wildman–Crippen MR) is 119 cm³/mol. The third-order valence-electron chi connectivity index (χ3n) is 10.3. The molecule has 0 amide bonds. The molecule has 2 heteroatoms. The minimum Gasteiger partial charge on any atom is -0.384 e. The summed E-state index contributed by atoms with van der Waals surface area (Å²) in [6, 6.07) is 0. The van der Waals surface area contributed by atoms with Crippen molar-refractivity contribution in [1.82, 2.24) is 0 Å². The molecule has 4 rings (SSSR count). The summed E-state index contributed by atoms with van der Waals surface area (Å²) in [4.78, 5) is 12.4. The topological polar surface area (TPSA) is 37.3 Å². The van der Waals surface area contributed by atoms with E-state index in [1.165, 1.54) is 56.9 Å². The highest BCUT2D eigenvalue weighted by molar-refractivity contribution is 5.87. The Morgan fingerprint density at radius 3 is 2.55 bits per heavy atom. The Bertz CT molecular complexity index is 663. The average Bonchev–Trinajstić information content (AvgIpc) is 3.02. The molecule has 0 aromatic carbocycles. The number of carbonyl (C=O) groups excluding carboxylic acids is 1. The number of aliphatic hydroxyl groups excluding tert-OH is 1. The molecule has 1 N–H and O–H groups in total. The van der Waals surface area contributed by atoms with E-state index in [0.717, 1.165) is 30.1 Å². The third kappa shape index (κ3) is 3.36. The van der Waals surface area contributed by atoms with E-state index in [4.69, 9.17) is 0 Å². The van der Waals surface area contributed by atoms with Crippen molar-refractivity contribution in [2.75, 3.05) is 0 Å². The first-order chi connectivity index (χ1) is 13.7. The highest BCUT2D eigenvalue weighted by atomic mass is 16.3. The van der Waals surface area contributed by atoms with Crippen LogP contribution in [0.2, 0.25) is 0 Å². The molecule has 3 saturated carbocycles. The van der Waals surface area contributed by atoms with E-state index in [2.05, 4.69) is 40.7 Å². The van der Waals surface area contributed by atoms with Crippen molar-refractivity contribution in [1.29, 1.82) is 0 Å². The molecule has 2 nitrogen and oxygen atoms in total. The van der Waals surface area contributed by atoms with Gasteiger partial charge in [0.15, 0.2) is 5.78 Å². The first-order valence-electron chi connectivity index (χ1n) is 12.6. The molecule has 29 heavy (non-hydrogen) atoms. The summed E-state index contributed by atoms with van der Waals surface area (Å²) in [5.41, 5.74) is 1.58. The van der Waals surface area contributed by atoms with Crippen molar-refractivity contribution >= 4 is 5.78 Å². The normalized spacial score (nSPS) is 45.4. The summed E-state index contributed by atoms with van der Waals surface area (Å²) < 4.78 is 0. The van der Waals surface area contributed by atoms with Gasteiger partial charge in [-0.2, -0.15) is 0 Å². The van der Waals surface area contributed by atoms with Crippen molar-refractivity contribution in [3.8, 4) is 0 Å². The van der Waals surface area contributed by atoms with Crippen LogP contribution in [0.4, 0.5) is 0 Å². The van der Waals surface area contributed by atoms with Crippen molar-refractivity contribution in [3.63, 3.8) is 0 Å². The van der Waals surface area contributed by atoms with Gasteiger partial charge >= 0.3 is 0 Å². The lowest BCUT2D eigenvalue weighted by Crippen LogP contribution is -2.56. The Morgan fingerprint density at radius 2 is 1.83 bits per heavy atom. The van der Waals surface area contributed by atoms with Gasteiger partial charge in [0, 0.05) is 11.8 Å². The lowest BCUT2D eigenvalue weighted by Gasteiger charge is -2.59. The SMILES string of the molecule is CC(C)CCC[C@@H](C)[C@H]1CC[C@H]2[C@@H]3CCC4=CCC(=O)C(O)[C@]4(C)[C@H]3CC[C@]12C. The van der Waals surface area contributed by atoms with Crippen LogP contribution in [0.1, 0.15) is 98.8 Å². The van der Waals surface area contributed by atoms with E-state index in [1.54, 1.807) is 0 Å². The molecule has 1 unspecified atom stereocenters. The van der Waals surface area contributed by atoms with Crippen LogP contribution in [0.3, 0.4) is 0 Å². The molecule has 3 fully saturated rings. The number of ketones is 1. The van der Waals surface area contributed by atoms with Gasteiger partial charge in [0.25, 0.3) is 0 Å². The van der Waals surface area contributed by atoms with Crippen LogP contribution in [0.5, 0.6) is 0 Å². The summed E-state index contributed by atoms with van der Waals surface area (Å²) in [5, 5.41) is 11.0. The molecule has 4 aliphatic rings. The standard InChI is InChI=1S/C27H44O2/c1-17(2)7-6-8-18(3)21-12-13-22-20-11-9-19-10-14-24(28)25(29)27(19,5)23(20)15-16-26(21,22)4/h10,17-18,20-23,25,29H,6-9,11-16H2,1-5H3/t18-,20+,21-,22+,23+,25?,26-,27+/m1/s1. The van der Waals surface area contributed by atoms with Crippen LogP contribution in [0.25, 0.3) is 0 Å². The fourth-order valence-corrected chi connectivity index (χ4v) is 8.66. The second-order valence-electron chi connectivity index (χ2n) is 12.0. The Hall–Kier alpha value is -0.630. The Labute approximate surface area is 178 Å². The molecule has 164 valence electrons. The van der Waals surface area contributed by atoms with Gasteiger partial charge in [0.05, 0.1) is 0 Å². The number of carbonyl (C=O) groups is 1. The summed E-state index contributed by atoms with van der Waals surface area (Å²) in [7, 11) is 0. The quantitative estimate of drug-likeness (QED) is 0.530. The molecule has 0 aromatic rings. The highest BCUT2D eigenvalue weighted by Gasteiger charge is 2.61. The first kappa shape index (κ1) is 21.6. The number of hydrogen-bond acceptors (Lipinski definition) is 2. The lowest BCUT2D eigenvalue weighted by molar-refractivity contribution is -0.143. The van der Waals surface area contributed by atoms with Crippen molar-refractivity contribution in [2.45, 2.75) is 105 Å². The van der Waals surface area contributed by atoms with Crippen LogP contribution < -0.4 is 0 Å². The molecular formula is C27H44O2. The monoisotopic (exact) mass is 400 g/mol. The third-order valence-corrected chi connectivity index (χ3v) is 10.3. The number of allylic oxidation sites excluding steroid dienone is 1. The summed E-state index contributed by atoms with van der Waals surface area (Å²) in [5.74, 6) is 4.55. The second-order valence-corrected chi connectivity index (χ2v) is 12.0. The average molecular weight is 401 g/mol. The largest absolute Gasteiger partial charge is 0.384 e. The lowest BCUT2D eigenvalue weighted by atomic mass is 9.46. The van der Waals surface area contributed by atoms with Gasteiger partial charge in [-0.25, -0.2) is 0 Å². The van der Waals surface area contributed by atoms with E-state index in [-0.39, 0.29) is 11.2 Å². The van der Waals surface area contributed by atoms with Gasteiger partial charge in [-0.05, 0) is 79.4 Å². The van der Waals surface area contributed by atoms with E-state index in [9.17, 15) is 9.90 Å². The van der Waals surface area contributed by atoms with Gasteiger partial charge in [-0.3, -0.25) is 4.79 Å². The molecule has 0 aromatic heterocycles. The van der Waals surface area contributed by atoms with Crippen LogP contribution in [0.15, 0.2) is 11.6 Å². The maximum atomic E-state index is 12.4. The number of rotatable bonds is 5. The van der Waals surface area contributed by atoms with Crippen molar-refractivity contribution < 1.29 is 9.90 Å². The Kier molecular flexibility index (Phi) is 5.82. The minimum absolute atomic E-state index is 0.0494. The molecule has 0 saturated heterocycles. The molecule has 0 aliphatic heterocycles. The molecule has 0 bridgehead atoms. The van der Waals surface area contributed by atoms with Gasteiger partial charge in [0.1, 0.15) is 6.10 Å². The van der Waals surface area contributed by atoms with Crippen molar-refractivity contribution in [2.24, 2.45) is 46.3 Å². The molecule has 8 atom stereocenters. The van der Waals surface area contributed by atoms with Gasteiger partial charge < -0.3 is 5.11 Å². The highest BCUT2D eigenvalue weighted by Crippen LogP contribution is 2.67. The molecule has 0 heterocycles. The summed E-state index contributed by atoms with van der Waals surface area (Å²) in [6.45, 7) is 12.0. The zero-order chi connectivity index (χ0) is 21.0. The Balaban J connectivity index is 1.52. The van der Waals surface area contributed by atoms with Crippen LogP contribution in [-0.2, 0) is 4.79 Å². The number of fused-ring (bicyclic) bond motifs is 5. The van der Waals surface area contributed by atoms with Crippen LogP contribution >= 0.6 is 0 Å². The maximum Gasteiger partial charge on any atom is 0.165 e. The zero-order valence-corrected chi connectivity index (χ0v) is 19.5. The number of aliphatic hydroxyl groups is 1. The molecule has 0 spiro atoms. The molecule has 4 aliphatic carbocycles. The predicted octanol–water partition coefficient (Wildman–Crippen LogP) is 6.57. The van der Waals surface area contributed by atoms with Crippen molar-refractivity contribution in [3.05, 3.63) is 11.6 Å². The van der Waals surface area contributed by atoms with E-state index < -0.39 is 6.10 Å². The zero-order valence-electron chi connectivity index (χ0n) is 19.5. The van der Waals surface area contributed by atoms with Crippen LogP contribution in [-0.4, -0.2) is 17.0 Å². The van der Waals surface area contributed by atoms with Crippen LogP contribution in [0, 0.1) is 46.3 Å². The smallest absolute Gasteiger partial charge is 0.165 e. The van der Waals surface area contributed by atoms with E-state index in [0.29, 0.717) is 23.7 Å². The summed E-state index contributed by atoms with van der Waals surface area (Å²) in [6.07, 6.45) is 13.6. The fourth-order valence-electron chi connectivity index (χ4n) is 8.66. The fraction of sp³-hybridized carbons (Fsp3) is 0.889. The summed E-state index contributed by atoms with van der Waals surface area (Å²) >= 11 is 0. The number of hydrogen-bond donors (Lipinski definition) is 1. The molecular weight excluding hydrogens is 356 g/mol.